The summed E-state index contributed by atoms with van der Waals surface area (Å²) in [6.07, 6.45) is 4.39. The van der Waals surface area contributed by atoms with E-state index >= 15 is 0 Å². The number of fused-ring (bicyclic) bond motifs is 1. The predicted octanol–water partition coefficient (Wildman–Crippen LogP) is 2.98. The summed E-state index contributed by atoms with van der Waals surface area (Å²) in [6.45, 7) is 1.40. The van der Waals surface area contributed by atoms with Gasteiger partial charge in [-0.15, -0.1) is 0 Å². The number of hydrogen-bond donors (Lipinski definition) is 1. The molecule has 0 saturated heterocycles. The summed E-state index contributed by atoms with van der Waals surface area (Å²) >= 11 is 0. The van der Waals surface area contributed by atoms with Gasteiger partial charge in [0.1, 0.15) is 18.5 Å². The number of hydrogen-bond acceptors (Lipinski definition) is 3. The number of nitrogens with one attached hydrogen (secondary N) is 1. The topological polar surface area (TPSA) is 56.2 Å². The van der Waals surface area contributed by atoms with Gasteiger partial charge >= 0.3 is 0 Å². The van der Waals surface area contributed by atoms with Crippen LogP contribution in [0, 0.1) is 0 Å². The van der Waals surface area contributed by atoms with Crippen LogP contribution in [-0.4, -0.2) is 28.6 Å². The fraction of sp³-hybridized carbons (Fsp3) is 0.238. The lowest BCUT2D eigenvalue weighted by atomic mass is 9.97. The second-order valence-corrected chi connectivity index (χ2v) is 6.36. The van der Waals surface area contributed by atoms with Crippen LogP contribution in [0.3, 0.4) is 0 Å². The Kier molecular flexibility index (Phi) is 4.80. The standard InChI is InChI=1S/C21H21N3O2/c25-20(15-24-12-11-22-21(24)17-7-2-1-3-8-17)23-14-19-18-9-5-4-6-16(18)10-13-26-19/h1-9,11-12,19H,10,13-15H2,(H,23,25). The summed E-state index contributed by atoms with van der Waals surface area (Å²) in [7, 11) is 0. The zero-order valence-corrected chi connectivity index (χ0v) is 14.5. The number of benzene rings is 2. The van der Waals surface area contributed by atoms with Gasteiger partial charge in [-0.2, -0.15) is 0 Å². The molecule has 132 valence electrons. The van der Waals surface area contributed by atoms with E-state index in [4.69, 9.17) is 4.74 Å². The van der Waals surface area contributed by atoms with E-state index in [1.165, 1.54) is 11.1 Å². The van der Waals surface area contributed by atoms with Crippen LogP contribution in [0.25, 0.3) is 11.4 Å². The molecule has 0 fully saturated rings. The fourth-order valence-electron chi connectivity index (χ4n) is 3.35. The first-order valence-corrected chi connectivity index (χ1v) is 8.84. The minimum absolute atomic E-state index is 0.0492. The molecule has 0 saturated carbocycles. The fourth-order valence-corrected chi connectivity index (χ4v) is 3.35. The first kappa shape index (κ1) is 16.5. The molecule has 1 amide bonds. The Balaban J connectivity index is 1.40. The number of rotatable bonds is 5. The molecule has 0 bridgehead atoms. The maximum absolute atomic E-state index is 12.4. The number of nitrogens with zero attached hydrogens (tertiary/aromatic N) is 2. The van der Waals surface area contributed by atoms with Gasteiger partial charge in [-0.05, 0) is 17.5 Å². The highest BCUT2D eigenvalue weighted by molar-refractivity contribution is 5.76. The smallest absolute Gasteiger partial charge is 0.240 e. The third-order valence-corrected chi connectivity index (χ3v) is 4.64. The third kappa shape index (κ3) is 3.53. The van der Waals surface area contributed by atoms with Crippen LogP contribution in [-0.2, 0) is 22.5 Å². The molecule has 1 unspecified atom stereocenters. The molecule has 0 spiro atoms. The van der Waals surface area contributed by atoms with Crippen LogP contribution in [0.4, 0.5) is 0 Å². The van der Waals surface area contributed by atoms with Crippen molar-refractivity contribution in [1.29, 1.82) is 0 Å². The van der Waals surface area contributed by atoms with Crippen molar-refractivity contribution in [3.8, 4) is 11.4 Å². The van der Waals surface area contributed by atoms with E-state index in [1.54, 1.807) is 6.20 Å². The van der Waals surface area contributed by atoms with E-state index in [2.05, 4.69) is 22.4 Å². The molecule has 2 heterocycles. The largest absolute Gasteiger partial charge is 0.371 e. The summed E-state index contributed by atoms with van der Waals surface area (Å²) < 4.78 is 7.71. The van der Waals surface area contributed by atoms with E-state index < -0.39 is 0 Å². The minimum atomic E-state index is -0.0831. The van der Waals surface area contributed by atoms with Gasteiger partial charge in [0.05, 0.1) is 6.61 Å². The number of carbonyl (C=O) groups is 1. The SMILES string of the molecule is O=C(Cn1ccnc1-c1ccccc1)NCC1OCCc2ccccc21. The van der Waals surface area contributed by atoms with Crippen molar-refractivity contribution in [3.63, 3.8) is 0 Å². The molecule has 1 atom stereocenters. The molecule has 5 nitrogen and oxygen atoms in total. The Hall–Kier alpha value is -2.92. The summed E-state index contributed by atoms with van der Waals surface area (Å²) in [4.78, 5) is 16.8. The summed E-state index contributed by atoms with van der Waals surface area (Å²) in [5.41, 5.74) is 3.47. The molecular formula is C21H21N3O2. The average Bonchev–Trinajstić information content (AvgIpc) is 3.15. The number of aromatic nitrogens is 2. The second-order valence-electron chi connectivity index (χ2n) is 6.36. The van der Waals surface area contributed by atoms with Gasteiger partial charge in [0.15, 0.2) is 0 Å². The zero-order chi connectivity index (χ0) is 17.8. The summed E-state index contributed by atoms with van der Waals surface area (Å²) in [6, 6.07) is 18.1. The highest BCUT2D eigenvalue weighted by Crippen LogP contribution is 2.26. The van der Waals surface area contributed by atoms with Crippen molar-refractivity contribution >= 4 is 5.91 Å². The number of ether oxygens (including phenoxy) is 1. The van der Waals surface area contributed by atoms with E-state index in [-0.39, 0.29) is 18.6 Å². The van der Waals surface area contributed by atoms with E-state index in [0.717, 1.165) is 17.8 Å². The van der Waals surface area contributed by atoms with Crippen LogP contribution in [0.1, 0.15) is 17.2 Å². The molecule has 26 heavy (non-hydrogen) atoms. The summed E-state index contributed by atoms with van der Waals surface area (Å²) in [5, 5.41) is 3.00. The highest BCUT2D eigenvalue weighted by Gasteiger charge is 2.21. The van der Waals surface area contributed by atoms with Crippen LogP contribution < -0.4 is 5.32 Å². The maximum Gasteiger partial charge on any atom is 0.240 e. The van der Waals surface area contributed by atoms with Crippen LogP contribution in [0.15, 0.2) is 67.0 Å². The first-order chi connectivity index (χ1) is 12.8. The van der Waals surface area contributed by atoms with Crippen molar-refractivity contribution in [3.05, 3.63) is 78.1 Å². The van der Waals surface area contributed by atoms with Crippen LogP contribution >= 0.6 is 0 Å². The molecule has 4 rings (SSSR count). The highest BCUT2D eigenvalue weighted by atomic mass is 16.5. The van der Waals surface area contributed by atoms with Gasteiger partial charge in [0.25, 0.3) is 0 Å². The molecule has 3 aromatic rings. The molecule has 1 aliphatic heterocycles. The number of carbonyl (C=O) groups excluding carboxylic acids is 1. The van der Waals surface area contributed by atoms with E-state index in [1.807, 2.05) is 53.2 Å². The Morgan fingerprint density at radius 3 is 2.85 bits per heavy atom. The minimum Gasteiger partial charge on any atom is -0.371 e. The van der Waals surface area contributed by atoms with Crippen molar-refractivity contribution in [2.24, 2.45) is 0 Å². The van der Waals surface area contributed by atoms with Gasteiger partial charge in [0.2, 0.25) is 5.91 Å². The van der Waals surface area contributed by atoms with Crippen molar-refractivity contribution in [2.45, 2.75) is 19.1 Å². The predicted molar refractivity (Wildman–Crippen MR) is 99.5 cm³/mol. The molecular weight excluding hydrogens is 326 g/mol. The number of imidazole rings is 1. The second kappa shape index (κ2) is 7.54. The monoisotopic (exact) mass is 347 g/mol. The van der Waals surface area contributed by atoms with Gasteiger partial charge < -0.3 is 14.6 Å². The average molecular weight is 347 g/mol. The van der Waals surface area contributed by atoms with Gasteiger partial charge in [0, 0.05) is 24.5 Å². The molecule has 2 aromatic carbocycles. The Morgan fingerprint density at radius 2 is 1.96 bits per heavy atom. The normalized spacial score (nSPS) is 16.1. The van der Waals surface area contributed by atoms with Crippen molar-refractivity contribution < 1.29 is 9.53 Å². The van der Waals surface area contributed by atoms with E-state index in [0.29, 0.717) is 13.2 Å². The first-order valence-electron chi connectivity index (χ1n) is 8.84. The maximum atomic E-state index is 12.4. The molecule has 1 N–H and O–H groups in total. The molecule has 0 radical (unpaired) electrons. The van der Waals surface area contributed by atoms with E-state index in [9.17, 15) is 4.79 Å². The lowest BCUT2D eigenvalue weighted by molar-refractivity contribution is -0.122. The molecule has 0 aliphatic carbocycles. The Labute approximate surface area is 152 Å². The zero-order valence-electron chi connectivity index (χ0n) is 14.5. The summed E-state index contributed by atoms with van der Waals surface area (Å²) in [5.74, 6) is 0.742. The van der Waals surface area contributed by atoms with Gasteiger partial charge in [-0.3, -0.25) is 4.79 Å². The van der Waals surface area contributed by atoms with Gasteiger partial charge in [-0.25, -0.2) is 4.98 Å². The molecule has 1 aromatic heterocycles. The lowest BCUT2D eigenvalue weighted by Crippen LogP contribution is -2.34. The van der Waals surface area contributed by atoms with Crippen molar-refractivity contribution in [2.75, 3.05) is 13.2 Å². The van der Waals surface area contributed by atoms with Crippen LogP contribution in [0.5, 0.6) is 0 Å². The Bertz CT molecular complexity index is 889. The lowest BCUT2D eigenvalue weighted by Gasteiger charge is -2.26. The van der Waals surface area contributed by atoms with Crippen molar-refractivity contribution in [1.82, 2.24) is 14.9 Å². The quantitative estimate of drug-likeness (QED) is 0.772. The van der Waals surface area contributed by atoms with Gasteiger partial charge in [-0.1, -0.05) is 54.6 Å². The Morgan fingerprint density at radius 1 is 1.15 bits per heavy atom. The van der Waals surface area contributed by atoms with Crippen LogP contribution in [0.2, 0.25) is 0 Å². The third-order valence-electron chi connectivity index (χ3n) is 4.64. The molecule has 1 aliphatic rings. The number of amides is 1. The molecule has 5 heteroatoms.